The van der Waals surface area contributed by atoms with E-state index in [1.54, 1.807) is 0 Å². The van der Waals surface area contributed by atoms with Crippen molar-refractivity contribution in [3.63, 3.8) is 0 Å². The molecule has 0 saturated heterocycles. The molecule has 0 bridgehead atoms. The van der Waals surface area contributed by atoms with Gasteiger partial charge in [0.05, 0.1) is 12.1 Å². The summed E-state index contributed by atoms with van der Waals surface area (Å²) in [6, 6.07) is 2.66. The lowest BCUT2D eigenvalue weighted by atomic mass is 10.0. The fourth-order valence-corrected chi connectivity index (χ4v) is 0.998. The van der Waals surface area contributed by atoms with Gasteiger partial charge in [-0.25, -0.2) is 8.78 Å². The maximum Gasteiger partial charge on any atom is 0.159 e. The Kier molecular flexibility index (Phi) is 2.95. The van der Waals surface area contributed by atoms with E-state index in [1.165, 1.54) is 13.0 Å². The normalized spacial score (nSPS) is 15.5. The van der Waals surface area contributed by atoms with Crippen molar-refractivity contribution in [2.75, 3.05) is 0 Å². The zero-order valence-corrected chi connectivity index (χ0v) is 7.17. The molecule has 4 heteroatoms. The van der Waals surface area contributed by atoms with E-state index >= 15 is 0 Å². The van der Waals surface area contributed by atoms with Gasteiger partial charge in [-0.2, -0.15) is 0 Å². The van der Waals surface area contributed by atoms with Gasteiger partial charge in [-0.3, -0.25) is 0 Å². The second-order valence-corrected chi connectivity index (χ2v) is 2.94. The Balaban J connectivity index is 2.97. The van der Waals surface area contributed by atoms with Crippen LogP contribution in [0.5, 0.6) is 0 Å². The molecule has 2 nitrogen and oxygen atoms in total. The SMILES string of the molecule is CC(O)[C@H](N)c1ccc(F)c(F)c1. The summed E-state index contributed by atoms with van der Waals surface area (Å²) in [5, 5.41) is 9.09. The molecule has 0 aliphatic carbocycles. The second-order valence-electron chi connectivity index (χ2n) is 2.94. The summed E-state index contributed by atoms with van der Waals surface area (Å²) < 4.78 is 25.2. The van der Waals surface area contributed by atoms with Crippen LogP contribution in [0.4, 0.5) is 8.78 Å². The fourth-order valence-electron chi connectivity index (χ4n) is 0.998. The maximum atomic E-state index is 12.7. The number of nitrogens with two attached hydrogens (primary N) is 1. The van der Waals surface area contributed by atoms with Gasteiger partial charge < -0.3 is 10.8 Å². The van der Waals surface area contributed by atoms with Crippen molar-refractivity contribution >= 4 is 0 Å². The van der Waals surface area contributed by atoms with Crippen molar-refractivity contribution in [3.8, 4) is 0 Å². The molecule has 72 valence electrons. The first-order valence-electron chi connectivity index (χ1n) is 3.91. The summed E-state index contributed by atoms with van der Waals surface area (Å²) in [6.45, 7) is 1.49. The Morgan fingerprint density at radius 2 is 1.92 bits per heavy atom. The first-order chi connectivity index (χ1) is 6.02. The van der Waals surface area contributed by atoms with Gasteiger partial charge in [0.25, 0.3) is 0 Å². The van der Waals surface area contributed by atoms with E-state index in [1.807, 2.05) is 0 Å². The summed E-state index contributed by atoms with van der Waals surface area (Å²) in [6.07, 6.45) is -0.787. The van der Waals surface area contributed by atoms with E-state index < -0.39 is 23.8 Å². The number of rotatable bonds is 2. The lowest BCUT2D eigenvalue weighted by molar-refractivity contribution is 0.164. The molecule has 0 saturated carbocycles. The van der Waals surface area contributed by atoms with E-state index in [-0.39, 0.29) is 0 Å². The third kappa shape index (κ3) is 2.23. The maximum absolute atomic E-state index is 12.7. The van der Waals surface area contributed by atoms with Crippen LogP contribution in [0.1, 0.15) is 18.5 Å². The monoisotopic (exact) mass is 187 g/mol. The average Bonchev–Trinajstić information content (AvgIpc) is 2.08. The highest BCUT2D eigenvalue weighted by atomic mass is 19.2. The predicted octanol–water partition coefficient (Wildman–Crippen LogP) is 1.35. The number of hydrogen-bond donors (Lipinski definition) is 2. The number of hydrogen-bond acceptors (Lipinski definition) is 2. The van der Waals surface area contributed by atoms with Gasteiger partial charge in [0.15, 0.2) is 11.6 Å². The molecular formula is C9H11F2NO. The zero-order valence-electron chi connectivity index (χ0n) is 7.17. The molecule has 3 N–H and O–H groups in total. The van der Waals surface area contributed by atoms with Crippen LogP contribution in [0.2, 0.25) is 0 Å². The Morgan fingerprint density at radius 3 is 2.38 bits per heavy atom. The third-order valence-electron chi connectivity index (χ3n) is 1.85. The average molecular weight is 187 g/mol. The zero-order chi connectivity index (χ0) is 10.0. The van der Waals surface area contributed by atoms with Gasteiger partial charge in [-0.05, 0) is 24.6 Å². The molecule has 0 aliphatic rings. The Morgan fingerprint density at radius 1 is 1.31 bits per heavy atom. The van der Waals surface area contributed by atoms with Crippen molar-refractivity contribution < 1.29 is 13.9 Å². The molecule has 1 aromatic rings. The Hall–Kier alpha value is -1.00. The van der Waals surface area contributed by atoms with Gasteiger partial charge in [0, 0.05) is 0 Å². The van der Waals surface area contributed by atoms with Crippen molar-refractivity contribution in [1.82, 2.24) is 0 Å². The van der Waals surface area contributed by atoms with Crippen molar-refractivity contribution in [2.45, 2.75) is 19.1 Å². The number of aliphatic hydroxyl groups excluding tert-OH is 1. The Labute approximate surface area is 75.0 Å². The van der Waals surface area contributed by atoms with Crippen LogP contribution in [-0.4, -0.2) is 11.2 Å². The minimum Gasteiger partial charge on any atom is -0.391 e. The van der Waals surface area contributed by atoms with Gasteiger partial charge in [0.2, 0.25) is 0 Å². The molecule has 1 aromatic carbocycles. The van der Waals surface area contributed by atoms with Crippen molar-refractivity contribution in [1.29, 1.82) is 0 Å². The summed E-state index contributed by atoms with van der Waals surface area (Å²) in [4.78, 5) is 0. The van der Waals surface area contributed by atoms with Gasteiger partial charge in [0.1, 0.15) is 0 Å². The molecule has 0 aromatic heterocycles. The van der Waals surface area contributed by atoms with Crippen LogP contribution in [0, 0.1) is 11.6 Å². The molecule has 0 spiro atoms. The highest BCUT2D eigenvalue weighted by Crippen LogP contribution is 2.16. The second kappa shape index (κ2) is 3.81. The highest BCUT2D eigenvalue weighted by Gasteiger charge is 2.13. The van der Waals surface area contributed by atoms with E-state index in [2.05, 4.69) is 0 Å². The van der Waals surface area contributed by atoms with Crippen LogP contribution in [0.15, 0.2) is 18.2 Å². The minimum atomic E-state index is -0.950. The first-order valence-corrected chi connectivity index (χ1v) is 3.91. The smallest absolute Gasteiger partial charge is 0.159 e. The molecule has 1 unspecified atom stereocenters. The summed E-state index contributed by atoms with van der Waals surface area (Å²) in [5.41, 5.74) is 5.90. The molecule has 13 heavy (non-hydrogen) atoms. The molecule has 1 rings (SSSR count). The number of aliphatic hydroxyl groups is 1. The Bertz CT molecular complexity index is 302. The van der Waals surface area contributed by atoms with Crippen LogP contribution >= 0.6 is 0 Å². The van der Waals surface area contributed by atoms with E-state index in [4.69, 9.17) is 10.8 Å². The number of benzene rings is 1. The fraction of sp³-hybridized carbons (Fsp3) is 0.333. The van der Waals surface area contributed by atoms with Crippen LogP contribution in [0.3, 0.4) is 0 Å². The van der Waals surface area contributed by atoms with Gasteiger partial charge in [-0.1, -0.05) is 6.07 Å². The largest absolute Gasteiger partial charge is 0.391 e. The molecule has 0 fully saturated rings. The summed E-state index contributed by atoms with van der Waals surface area (Å²) in [7, 11) is 0. The molecule has 0 aliphatic heterocycles. The minimum absolute atomic E-state index is 0.383. The van der Waals surface area contributed by atoms with Gasteiger partial charge in [-0.15, -0.1) is 0 Å². The lowest BCUT2D eigenvalue weighted by Gasteiger charge is -2.14. The van der Waals surface area contributed by atoms with Crippen LogP contribution in [0.25, 0.3) is 0 Å². The van der Waals surface area contributed by atoms with Crippen molar-refractivity contribution in [3.05, 3.63) is 35.4 Å². The van der Waals surface area contributed by atoms with E-state index in [0.29, 0.717) is 5.56 Å². The third-order valence-corrected chi connectivity index (χ3v) is 1.85. The van der Waals surface area contributed by atoms with E-state index in [0.717, 1.165) is 12.1 Å². The van der Waals surface area contributed by atoms with Crippen LogP contribution < -0.4 is 5.73 Å². The van der Waals surface area contributed by atoms with Crippen LogP contribution in [-0.2, 0) is 0 Å². The molecule has 0 heterocycles. The summed E-state index contributed by atoms with van der Waals surface area (Å²) >= 11 is 0. The molecule has 0 radical (unpaired) electrons. The molecular weight excluding hydrogens is 176 g/mol. The standard InChI is InChI=1S/C9H11F2NO/c1-5(13)9(12)6-2-3-7(10)8(11)4-6/h2-5,9,13H,12H2,1H3/t5?,9-/m0/s1. The molecule has 2 atom stereocenters. The summed E-state index contributed by atoms with van der Waals surface area (Å²) in [5.74, 6) is -1.87. The first kappa shape index (κ1) is 10.1. The van der Waals surface area contributed by atoms with E-state index in [9.17, 15) is 8.78 Å². The number of halogens is 2. The van der Waals surface area contributed by atoms with Gasteiger partial charge >= 0.3 is 0 Å². The quantitative estimate of drug-likeness (QED) is 0.734. The predicted molar refractivity (Wildman–Crippen MR) is 45.0 cm³/mol. The molecule has 0 amide bonds. The van der Waals surface area contributed by atoms with Crippen molar-refractivity contribution in [2.24, 2.45) is 5.73 Å². The topological polar surface area (TPSA) is 46.2 Å². The lowest BCUT2D eigenvalue weighted by Crippen LogP contribution is -2.23. The highest BCUT2D eigenvalue weighted by molar-refractivity contribution is 5.21.